The monoisotopic (exact) mass is 898 g/mol. The van der Waals surface area contributed by atoms with E-state index in [0.29, 0.717) is 41.7 Å². The number of nitrogens with two attached hydrogens (primary N) is 2. The number of hydrogen-bond acceptors (Lipinski definition) is 18. The van der Waals surface area contributed by atoms with Gasteiger partial charge < -0.3 is 63.8 Å². The average Bonchev–Trinajstić information content (AvgIpc) is 3.26. The van der Waals surface area contributed by atoms with Crippen LogP contribution in [0.2, 0.25) is 0 Å². The second-order valence-electron chi connectivity index (χ2n) is 14.0. The molecule has 1 aliphatic rings. The van der Waals surface area contributed by atoms with Crippen molar-refractivity contribution in [3.63, 3.8) is 0 Å². The minimum Gasteiger partial charge on any atom is -0.481 e. The minimum atomic E-state index is -1.42. The molecule has 26 nitrogen and oxygen atoms in total. The predicted molar refractivity (Wildman–Crippen MR) is 232 cm³/mol. The van der Waals surface area contributed by atoms with Gasteiger partial charge in [-0.05, 0) is 55.0 Å². The second kappa shape index (κ2) is 21.1. The van der Waals surface area contributed by atoms with Crippen LogP contribution < -0.4 is 54.5 Å². The van der Waals surface area contributed by atoms with Crippen molar-refractivity contribution < 1.29 is 49.2 Å². The maximum atomic E-state index is 12.4. The van der Waals surface area contributed by atoms with Gasteiger partial charge in [-0.15, -0.1) is 0 Å². The Hall–Kier alpha value is -9.10. The maximum absolute atomic E-state index is 12.4. The third-order valence-corrected chi connectivity index (χ3v) is 9.22. The Bertz CT molecular complexity index is 2740. The topological polar surface area (TPSA) is 425 Å². The number of fused-ring (bicyclic) bond motifs is 2. The molecule has 2 amide bonds. The van der Waals surface area contributed by atoms with Crippen molar-refractivity contribution in [2.24, 2.45) is 0 Å². The van der Waals surface area contributed by atoms with E-state index < -0.39 is 59.8 Å². The van der Waals surface area contributed by atoms with Crippen LogP contribution in [-0.2, 0) is 25.7 Å². The standard InChI is InChI=1S/C20H23N7O6.C19H19N7O6/c1-9(18(30)31)6-13(19(32)33)25-16(28)10-2-4-11(5-3-10)22-7-12-8-23-15-14(24-12)17(29)27-20(21)26-15;20-19-25-15-14(17(30)26-19)23-11(8-22-15)7-21-10-3-1-9(2-4-10)16(29)24-12(18(31)32)5-6-13(27)28/h2-5,12-13,22,24H,1,6-8H2,(H,25,28)(H,30,31)(H,32,33)(H4,21,23,26,27,29);1-4,8,12,21H,5-7H2,(H,24,29)(H,27,28)(H,31,32)(H3,20,22,25,26,30). The number of benzene rings is 2. The van der Waals surface area contributed by atoms with Crippen LogP contribution >= 0.6 is 0 Å². The number of carboxylic acids is 4. The average molecular weight is 899 g/mol. The van der Waals surface area contributed by atoms with Crippen molar-refractivity contribution >= 4 is 81.6 Å². The molecule has 0 aliphatic carbocycles. The number of carboxylic acid groups (broad SMARTS) is 4. The molecule has 3 atom stereocenters. The van der Waals surface area contributed by atoms with E-state index in [9.17, 15) is 43.5 Å². The van der Waals surface area contributed by atoms with E-state index in [-0.39, 0.29) is 70.7 Å². The summed E-state index contributed by atoms with van der Waals surface area (Å²) < 4.78 is 0. The van der Waals surface area contributed by atoms with Crippen LogP contribution in [0.1, 0.15) is 45.7 Å². The summed E-state index contributed by atoms with van der Waals surface area (Å²) in [7, 11) is 0. The van der Waals surface area contributed by atoms with Gasteiger partial charge in [0.2, 0.25) is 11.9 Å². The quantitative estimate of drug-likeness (QED) is 0.0508. The SMILES string of the molecule is C=C(CC(NC(=O)c1ccc(NCC2CNc3nc(N)[nH]c(=O)c3N2)cc1)C(=O)O)C(=O)O.Nc1nc2ncc(CNc3ccc(C(=O)NC(CCC(=O)O)C(=O)O)cc3)nc2c(=O)[nH]1. The summed E-state index contributed by atoms with van der Waals surface area (Å²) in [5.41, 5.74) is 12.5. The number of nitrogens with zero attached hydrogens (tertiary/aromatic N) is 4. The van der Waals surface area contributed by atoms with Gasteiger partial charge in [-0.25, -0.2) is 24.4 Å². The lowest BCUT2D eigenvalue weighted by atomic mass is 10.1. The number of nitrogen functional groups attached to an aromatic ring is 2. The molecule has 0 saturated heterocycles. The molecular weight excluding hydrogens is 857 g/mol. The summed E-state index contributed by atoms with van der Waals surface area (Å²) >= 11 is 0. The minimum absolute atomic E-state index is 0.0234. The number of anilines is 6. The molecular formula is C39H42N14O12. The van der Waals surface area contributed by atoms with E-state index in [0.717, 1.165) is 0 Å². The van der Waals surface area contributed by atoms with Crippen molar-refractivity contribution in [3.05, 3.63) is 104 Å². The number of H-pyrrole nitrogens is 2. The Morgan fingerprint density at radius 1 is 0.769 bits per heavy atom. The van der Waals surface area contributed by atoms with E-state index >= 15 is 0 Å². The van der Waals surface area contributed by atoms with E-state index in [1.165, 1.54) is 30.5 Å². The van der Waals surface area contributed by atoms with Gasteiger partial charge in [0.05, 0.1) is 24.5 Å². The molecule has 6 rings (SSSR count). The molecule has 3 aromatic heterocycles. The first kappa shape index (κ1) is 47.0. The highest BCUT2D eigenvalue weighted by Gasteiger charge is 2.25. The molecule has 0 bridgehead atoms. The molecule has 26 heteroatoms. The van der Waals surface area contributed by atoms with Crippen molar-refractivity contribution in [2.45, 2.75) is 43.9 Å². The van der Waals surface area contributed by atoms with Crippen LogP contribution in [0.4, 0.5) is 34.8 Å². The lowest BCUT2D eigenvalue weighted by Crippen LogP contribution is -2.41. The van der Waals surface area contributed by atoms with E-state index in [1.54, 1.807) is 24.3 Å². The smallest absolute Gasteiger partial charge is 0.331 e. The van der Waals surface area contributed by atoms with Gasteiger partial charge in [0.15, 0.2) is 17.0 Å². The van der Waals surface area contributed by atoms with Crippen LogP contribution in [0, 0.1) is 0 Å². The molecule has 65 heavy (non-hydrogen) atoms. The van der Waals surface area contributed by atoms with Crippen molar-refractivity contribution in [3.8, 4) is 0 Å². The second-order valence-corrected chi connectivity index (χ2v) is 14.0. The first-order chi connectivity index (χ1) is 30.9. The highest BCUT2D eigenvalue weighted by Crippen LogP contribution is 2.20. The maximum Gasteiger partial charge on any atom is 0.331 e. The summed E-state index contributed by atoms with van der Waals surface area (Å²) in [5, 5.41) is 52.9. The van der Waals surface area contributed by atoms with Crippen LogP contribution in [0.5, 0.6) is 0 Å². The van der Waals surface area contributed by atoms with E-state index in [4.69, 9.17) is 26.8 Å². The molecule has 16 N–H and O–H groups in total. The van der Waals surface area contributed by atoms with Crippen LogP contribution in [0.3, 0.4) is 0 Å². The Labute approximate surface area is 365 Å². The number of aliphatic carboxylic acids is 4. The molecule has 4 heterocycles. The normalized spacial score (nSPS) is 13.4. The number of nitrogens with one attached hydrogen (secondary N) is 8. The predicted octanol–water partition coefficient (Wildman–Crippen LogP) is -0.161. The fourth-order valence-electron chi connectivity index (χ4n) is 5.86. The van der Waals surface area contributed by atoms with Gasteiger partial charge in [-0.2, -0.15) is 9.97 Å². The van der Waals surface area contributed by atoms with Crippen LogP contribution in [0.25, 0.3) is 11.2 Å². The summed E-state index contributed by atoms with van der Waals surface area (Å²) in [6.07, 6.45) is 0.416. The first-order valence-corrected chi connectivity index (χ1v) is 19.2. The lowest BCUT2D eigenvalue weighted by Gasteiger charge is -2.27. The molecule has 0 fully saturated rings. The Morgan fingerprint density at radius 2 is 1.34 bits per heavy atom. The third-order valence-electron chi connectivity index (χ3n) is 9.22. The third kappa shape index (κ3) is 13.2. The first-order valence-electron chi connectivity index (χ1n) is 19.2. The van der Waals surface area contributed by atoms with E-state index in [2.05, 4.69) is 68.4 Å². The number of carbonyl (C=O) groups excluding carboxylic acids is 2. The van der Waals surface area contributed by atoms with Crippen LogP contribution in [0.15, 0.2) is 76.5 Å². The number of rotatable bonds is 18. The molecule has 0 saturated carbocycles. The molecule has 0 radical (unpaired) electrons. The molecule has 340 valence electrons. The lowest BCUT2D eigenvalue weighted by molar-refractivity contribution is -0.141. The van der Waals surface area contributed by atoms with Crippen molar-refractivity contribution in [2.75, 3.05) is 45.8 Å². The van der Waals surface area contributed by atoms with Crippen molar-refractivity contribution in [1.82, 2.24) is 40.5 Å². The number of amides is 2. The zero-order chi connectivity index (χ0) is 47.4. The largest absolute Gasteiger partial charge is 0.481 e. The van der Waals surface area contributed by atoms with Gasteiger partial charge >= 0.3 is 23.9 Å². The zero-order valence-electron chi connectivity index (χ0n) is 33.9. The molecule has 3 unspecified atom stereocenters. The van der Waals surface area contributed by atoms with Gasteiger partial charge in [0.1, 0.15) is 17.8 Å². The number of aromatic nitrogens is 6. The van der Waals surface area contributed by atoms with Gasteiger partial charge in [-0.3, -0.25) is 33.9 Å². The fourth-order valence-corrected chi connectivity index (χ4v) is 5.86. The number of carbonyl (C=O) groups is 6. The summed E-state index contributed by atoms with van der Waals surface area (Å²) in [6, 6.07) is 9.59. The van der Waals surface area contributed by atoms with Gasteiger partial charge in [-0.1, -0.05) is 6.58 Å². The molecule has 0 spiro atoms. The zero-order valence-corrected chi connectivity index (χ0v) is 33.9. The van der Waals surface area contributed by atoms with Crippen LogP contribution in [-0.4, -0.2) is 117 Å². The molecule has 1 aliphatic heterocycles. The van der Waals surface area contributed by atoms with E-state index in [1.807, 2.05) is 0 Å². The van der Waals surface area contributed by atoms with Crippen molar-refractivity contribution in [1.29, 1.82) is 0 Å². The fraction of sp³-hybridized carbons (Fsp3) is 0.231. The number of hydrogen-bond donors (Lipinski definition) is 14. The van der Waals surface area contributed by atoms with Gasteiger partial charge in [0.25, 0.3) is 22.9 Å². The van der Waals surface area contributed by atoms with Gasteiger partial charge in [0, 0.05) is 54.0 Å². The Morgan fingerprint density at radius 3 is 1.92 bits per heavy atom. The Kier molecular flexibility index (Phi) is 15.3. The highest BCUT2D eigenvalue weighted by molar-refractivity contribution is 5.98. The molecule has 2 aromatic carbocycles. The summed E-state index contributed by atoms with van der Waals surface area (Å²) in [5.74, 6) is -6.10. The summed E-state index contributed by atoms with van der Waals surface area (Å²) in [6.45, 7) is 4.46. The molecule has 5 aromatic rings. The number of aromatic amines is 2. The Balaban J connectivity index is 0.000000244. The highest BCUT2D eigenvalue weighted by atomic mass is 16.4. The summed E-state index contributed by atoms with van der Waals surface area (Å²) in [4.78, 5) is 114.